The number of rotatable bonds is 8. The summed E-state index contributed by atoms with van der Waals surface area (Å²) >= 11 is 0. The summed E-state index contributed by atoms with van der Waals surface area (Å²) < 4.78 is 36.8. The Morgan fingerprint density at radius 3 is 2.36 bits per heavy atom. The van der Waals surface area contributed by atoms with Gasteiger partial charge >= 0.3 is 7.82 Å². The first-order valence-corrected chi connectivity index (χ1v) is 13.8. The van der Waals surface area contributed by atoms with Crippen molar-refractivity contribution < 1.29 is 48.4 Å². The smallest absolute Gasteiger partial charge is 0.394 e. The van der Waals surface area contributed by atoms with Crippen LogP contribution in [-0.2, 0) is 23.1 Å². The van der Waals surface area contributed by atoms with Gasteiger partial charge in [-0.25, -0.2) is 24.5 Å². The maximum Gasteiger partial charge on any atom is 0.472 e. The van der Waals surface area contributed by atoms with E-state index in [0.29, 0.717) is 0 Å². The quantitative estimate of drug-likeness (QED) is 0.0894. The predicted octanol–water partition coefficient (Wildman–Crippen LogP) is -3.50. The number of hydrogen-bond donors (Lipinski definition) is 8. The summed E-state index contributed by atoms with van der Waals surface area (Å²) in [6.07, 6.45) is -8.01. The SMILES string of the molecule is Nc1nc2c(ncn2[C@@H]2O[C@H](COP(=O)(O)O[C@H]3[C@@H](O)[C@H](n4cnc5c(N)ncnc54)O[C@@H]3CO)[C@@H](O)[C@H]2O)c(=O)[nH]1. The van der Waals surface area contributed by atoms with Crippen LogP contribution in [0.5, 0.6) is 0 Å². The number of ether oxygens (including phenoxy) is 2. The highest BCUT2D eigenvalue weighted by atomic mass is 31.2. The molecule has 2 saturated heterocycles. The molecule has 2 aliphatic heterocycles. The molecule has 4 aromatic rings. The fourth-order valence-electron chi connectivity index (χ4n) is 4.86. The average Bonchev–Trinajstić information content (AvgIpc) is 3.69. The van der Waals surface area contributed by atoms with Crippen molar-refractivity contribution in [2.45, 2.75) is 49.1 Å². The van der Waals surface area contributed by atoms with Crippen molar-refractivity contribution in [3.05, 3.63) is 29.3 Å². The van der Waals surface area contributed by atoms with Gasteiger partial charge in [-0.05, 0) is 0 Å². The summed E-state index contributed by atoms with van der Waals surface area (Å²) in [5, 5.41) is 41.8. The molecule has 0 bridgehead atoms. The van der Waals surface area contributed by atoms with Gasteiger partial charge < -0.3 is 46.3 Å². The molecule has 6 heterocycles. The molecule has 0 aromatic carbocycles. The van der Waals surface area contributed by atoms with Crippen molar-refractivity contribution >= 4 is 41.9 Å². The van der Waals surface area contributed by atoms with Gasteiger partial charge in [0, 0.05) is 0 Å². The minimum atomic E-state index is -5.01. The Kier molecular flexibility index (Phi) is 7.17. The van der Waals surface area contributed by atoms with Crippen LogP contribution in [0.1, 0.15) is 12.5 Å². The molecule has 226 valence electrons. The highest BCUT2D eigenvalue weighted by Crippen LogP contribution is 2.49. The zero-order valence-electron chi connectivity index (χ0n) is 21.2. The van der Waals surface area contributed by atoms with E-state index < -0.39 is 75.7 Å². The maximum atomic E-state index is 12.9. The minimum Gasteiger partial charge on any atom is -0.394 e. The number of imidazole rings is 2. The zero-order chi connectivity index (χ0) is 29.9. The molecule has 0 aliphatic carbocycles. The number of anilines is 2. The van der Waals surface area contributed by atoms with Gasteiger partial charge in [0.2, 0.25) is 5.95 Å². The number of aromatic nitrogens is 8. The number of nitrogens with two attached hydrogens (primary N) is 2. The van der Waals surface area contributed by atoms with Crippen LogP contribution < -0.4 is 17.0 Å². The first-order valence-electron chi connectivity index (χ1n) is 12.3. The topological polar surface area (TPSA) is 314 Å². The van der Waals surface area contributed by atoms with Crippen molar-refractivity contribution in [2.75, 3.05) is 24.7 Å². The van der Waals surface area contributed by atoms with Crippen LogP contribution >= 0.6 is 7.82 Å². The highest BCUT2D eigenvalue weighted by Gasteiger charge is 2.50. The lowest BCUT2D eigenvalue weighted by molar-refractivity contribution is -0.0585. The number of phosphoric acid groups is 1. The van der Waals surface area contributed by atoms with Gasteiger partial charge in [-0.15, -0.1) is 0 Å². The lowest BCUT2D eigenvalue weighted by Gasteiger charge is -2.23. The molecule has 4 aromatic heterocycles. The molecule has 0 radical (unpaired) electrons. The zero-order valence-corrected chi connectivity index (χ0v) is 22.1. The number of nitrogen functional groups attached to an aromatic ring is 2. The molecule has 6 rings (SSSR count). The number of aliphatic hydroxyl groups is 4. The standard InChI is InChI=1S/C20H25N10O11P/c21-14-8-15(24-3-23-14)29(4-25-8)19-12(34)13(6(1-31)39-19)41-42(36,37)38-2-7-10(32)11(33)18(40-7)30-5-26-9-16(30)27-20(22)28-17(9)35/h3-7,10-13,18-19,31-34H,1-2H2,(H,36,37)(H2,21,23,24)(H3,22,27,28,35)/t6-,7-,10-,11-,12-,13-,18-,19-/m1/s1. The van der Waals surface area contributed by atoms with Gasteiger partial charge in [0.1, 0.15) is 48.5 Å². The van der Waals surface area contributed by atoms with E-state index in [1.165, 1.54) is 21.8 Å². The number of H-pyrrole nitrogens is 1. The number of hydrogen-bond acceptors (Lipinski definition) is 17. The van der Waals surface area contributed by atoms with E-state index in [4.69, 9.17) is 30.0 Å². The Morgan fingerprint density at radius 1 is 0.952 bits per heavy atom. The summed E-state index contributed by atoms with van der Waals surface area (Å²) in [4.78, 5) is 44.6. The second kappa shape index (κ2) is 10.6. The minimum absolute atomic E-state index is 0.0372. The van der Waals surface area contributed by atoms with Crippen LogP contribution in [0.15, 0.2) is 23.8 Å². The average molecular weight is 612 g/mol. The Balaban J connectivity index is 1.14. The van der Waals surface area contributed by atoms with Crippen molar-refractivity contribution in [2.24, 2.45) is 0 Å². The van der Waals surface area contributed by atoms with Crippen LogP contribution in [0.2, 0.25) is 0 Å². The lowest BCUT2D eigenvalue weighted by atomic mass is 10.1. The van der Waals surface area contributed by atoms with E-state index >= 15 is 0 Å². The molecule has 0 amide bonds. The van der Waals surface area contributed by atoms with E-state index in [1.807, 2.05) is 0 Å². The highest BCUT2D eigenvalue weighted by molar-refractivity contribution is 7.47. The molecular formula is C20H25N10O11P. The summed E-state index contributed by atoms with van der Waals surface area (Å²) in [5.41, 5.74) is 11.0. The summed E-state index contributed by atoms with van der Waals surface area (Å²) in [5.74, 6) is -0.148. The maximum absolute atomic E-state index is 12.9. The first kappa shape index (κ1) is 28.5. The number of fused-ring (bicyclic) bond motifs is 2. The monoisotopic (exact) mass is 612 g/mol. The molecule has 10 N–H and O–H groups in total. The summed E-state index contributed by atoms with van der Waals surface area (Å²) in [6, 6.07) is 0. The molecular weight excluding hydrogens is 587 g/mol. The van der Waals surface area contributed by atoms with E-state index in [-0.39, 0.29) is 34.1 Å². The molecule has 1 unspecified atom stereocenters. The normalized spacial score (nSPS) is 31.3. The number of phosphoric ester groups is 1. The summed E-state index contributed by atoms with van der Waals surface area (Å²) in [6.45, 7) is -1.47. The summed E-state index contributed by atoms with van der Waals surface area (Å²) in [7, 11) is -5.01. The molecule has 21 nitrogen and oxygen atoms in total. The third-order valence-electron chi connectivity index (χ3n) is 6.87. The molecule has 9 atom stereocenters. The fraction of sp³-hybridized carbons (Fsp3) is 0.500. The Bertz CT molecular complexity index is 1730. The van der Waals surface area contributed by atoms with E-state index in [9.17, 15) is 34.7 Å². The van der Waals surface area contributed by atoms with E-state index in [1.54, 1.807) is 0 Å². The van der Waals surface area contributed by atoms with Gasteiger partial charge in [0.25, 0.3) is 5.56 Å². The van der Waals surface area contributed by atoms with Crippen LogP contribution in [0.4, 0.5) is 11.8 Å². The van der Waals surface area contributed by atoms with Gasteiger partial charge in [0.15, 0.2) is 35.1 Å². The fourth-order valence-corrected chi connectivity index (χ4v) is 5.82. The van der Waals surface area contributed by atoms with Crippen LogP contribution in [0.25, 0.3) is 22.3 Å². The first-order chi connectivity index (χ1) is 20.0. The van der Waals surface area contributed by atoms with Gasteiger partial charge in [-0.2, -0.15) is 4.98 Å². The third-order valence-corrected chi connectivity index (χ3v) is 7.85. The van der Waals surface area contributed by atoms with Crippen LogP contribution in [-0.4, -0.2) is 114 Å². The third kappa shape index (κ3) is 4.80. The molecule has 0 spiro atoms. The van der Waals surface area contributed by atoms with Gasteiger partial charge in [-0.3, -0.25) is 28.0 Å². The Hall–Kier alpha value is -3.63. The van der Waals surface area contributed by atoms with Crippen LogP contribution in [0, 0.1) is 0 Å². The van der Waals surface area contributed by atoms with Gasteiger partial charge in [-0.1, -0.05) is 0 Å². The van der Waals surface area contributed by atoms with Crippen molar-refractivity contribution in [1.29, 1.82) is 0 Å². The molecule has 0 saturated carbocycles. The van der Waals surface area contributed by atoms with Crippen molar-refractivity contribution in [3.63, 3.8) is 0 Å². The van der Waals surface area contributed by atoms with Crippen molar-refractivity contribution in [1.82, 2.24) is 39.0 Å². The number of nitrogens with zero attached hydrogens (tertiary/aromatic N) is 7. The number of aromatic amines is 1. The number of nitrogens with one attached hydrogen (secondary N) is 1. The number of aliphatic hydroxyl groups excluding tert-OH is 4. The van der Waals surface area contributed by atoms with E-state index in [0.717, 1.165) is 6.33 Å². The second-order valence-electron chi connectivity index (χ2n) is 9.48. The molecule has 42 heavy (non-hydrogen) atoms. The Labute approximate surface area is 232 Å². The Morgan fingerprint density at radius 2 is 1.62 bits per heavy atom. The molecule has 2 fully saturated rings. The largest absolute Gasteiger partial charge is 0.472 e. The van der Waals surface area contributed by atoms with E-state index in [2.05, 4.69) is 29.9 Å². The lowest BCUT2D eigenvalue weighted by Crippen LogP contribution is -2.36. The van der Waals surface area contributed by atoms with Crippen LogP contribution in [0.3, 0.4) is 0 Å². The molecule has 2 aliphatic rings. The van der Waals surface area contributed by atoms with Gasteiger partial charge in [0.05, 0.1) is 25.9 Å². The predicted molar refractivity (Wildman–Crippen MR) is 136 cm³/mol. The second-order valence-corrected chi connectivity index (χ2v) is 10.9. The van der Waals surface area contributed by atoms with Crippen molar-refractivity contribution in [3.8, 4) is 0 Å². The molecule has 22 heteroatoms.